The lowest BCUT2D eigenvalue weighted by Crippen LogP contribution is -2.11. The van der Waals surface area contributed by atoms with Gasteiger partial charge in [0.25, 0.3) is 0 Å². The van der Waals surface area contributed by atoms with Crippen molar-refractivity contribution in [2.45, 2.75) is 13.0 Å². The van der Waals surface area contributed by atoms with E-state index in [1.807, 2.05) is 60.0 Å². The molecule has 0 aliphatic heterocycles. The molecule has 0 aliphatic carbocycles. The molecule has 2 aromatic carbocycles. The van der Waals surface area contributed by atoms with Gasteiger partial charge in [0.1, 0.15) is 0 Å². The standard InChI is InChI=1S/C23H25N3O3S/c1-28-21-10-6-9-19(23(21)29-2)16-26-17-20(15-24-26)25-22(27)12-14-30-13-11-18-7-4-3-5-8-18/h3-11,13,15,17H,12,14,16H2,1-2H3,(H,25,27)/b13-11-. The monoisotopic (exact) mass is 423 g/mol. The predicted octanol–water partition coefficient (Wildman–Crippen LogP) is 4.68. The first-order valence-electron chi connectivity index (χ1n) is 9.55. The highest BCUT2D eigenvalue weighted by molar-refractivity contribution is 8.02. The summed E-state index contributed by atoms with van der Waals surface area (Å²) in [6, 6.07) is 15.8. The molecule has 3 rings (SSSR count). The lowest BCUT2D eigenvalue weighted by Gasteiger charge is -2.12. The maximum atomic E-state index is 12.2. The molecule has 0 aliphatic rings. The molecule has 1 N–H and O–H groups in total. The number of benzene rings is 2. The zero-order valence-corrected chi connectivity index (χ0v) is 17.9. The molecule has 1 aromatic heterocycles. The van der Waals surface area contributed by atoms with Crippen LogP contribution in [0, 0.1) is 0 Å². The Balaban J connectivity index is 1.47. The van der Waals surface area contributed by atoms with Crippen molar-refractivity contribution in [3.8, 4) is 11.5 Å². The number of nitrogens with zero attached hydrogens (tertiary/aromatic N) is 2. The summed E-state index contributed by atoms with van der Waals surface area (Å²) in [5.41, 5.74) is 2.76. The van der Waals surface area contributed by atoms with Crippen LogP contribution in [0.25, 0.3) is 6.08 Å². The Morgan fingerprint density at radius 1 is 1.13 bits per heavy atom. The Morgan fingerprint density at radius 2 is 1.97 bits per heavy atom. The summed E-state index contributed by atoms with van der Waals surface area (Å²) in [5.74, 6) is 2.04. The van der Waals surface area contributed by atoms with E-state index in [2.05, 4.69) is 10.4 Å². The van der Waals surface area contributed by atoms with Crippen LogP contribution in [-0.2, 0) is 11.3 Å². The van der Waals surface area contributed by atoms with Crippen LogP contribution >= 0.6 is 11.8 Å². The van der Waals surface area contributed by atoms with E-state index >= 15 is 0 Å². The highest BCUT2D eigenvalue weighted by atomic mass is 32.2. The number of ether oxygens (including phenoxy) is 2. The highest BCUT2D eigenvalue weighted by Gasteiger charge is 2.11. The number of methoxy groups -OCH3 is 2. The normalized spacial score (nSPS) is 10.9. The van der Waals surface area contributed by atoms with Crippen LogP contribution in [0.4, 0.5) is 5.69 Å². The Hall–Kier alpha value is -3.19. The summed E-state index contributed by atoms with van der Waals surface area (Å²) in [6.45, 7) is 0.510. The minimum absolute atomic E-state index is 0.0332. The second-order valence-electron chi connectivity index (χ2n) is 6.46. The fourth-order valence-corrected chi connectivity index (χ4v) is 3.59. The second kappa shape index (κ2) is 11.1. The van der Waals surface area contributed by atoms with Crippen LogP contribution < -0.4 is 14.8 Å². The topological polar surface area (TPSA) is 65.4 Å². The molecule has 0 spiro atoms. The minimum atomic E-state index is -0.0332. The first-order valence-corrected chi connectivity index (χ1v) is 10.6. The third-order valence-electron chi connectivity index (χ3n) is 4.34. The molecule has 0 bridgehead atoms. The van der Waals surface area contributed by atoms with Gasteiger partial charge in [0, 0.05) is 23.9 Å². The fourth-order valence-electron chi connectivity index (χ4n) is 2.90. The molecule has 0 unspecified atom stereocenters. The quantitative estimate of drug-likeness (QED) is 0.480. The maximum absolute atomic E-state index is 12.2. The average molecular weight is 424 g/mol. The number of hydrogen-bond donors (Lipinski definition) is 1. The molecular weight excluding hydrogens is 398 g/mol. The largest absolute Gasteiger partial charge is 0.493 e. The molecular formula is C23H25N3O3S. The molecule has 0 radical (unpaired) electrons. The van der Waals surface area contributed by atoms with Crippen LogP contribution in [0.3, 0.4) is 0 Å². The zero-order valence-electron chi connectivity index (χ0n) is 17.1. The summed E-state index contributed by atoms with van der Waals surface area (Å²) < 4.78 is 12.5. The van der Waals surface area contributed by atoms with E-state index in [-0.39, 0.29) is 5.91 Å². The number of thioether (sulfide) groups is 1. The van der Waals surface area contributed by atoms with Gasteiger partial charge in [-0.15, -0.1) is 11.8 Å². The summed E-state index contributed by atoms with van der Waals surface area (Å²) in [5, 5.41) is 9.24. The zero-order chi connectivity index (χ0) is 21.2. The van der Waals surface area contributed by atoms with E-state index in [0.29, 0.717) is 35.9 Å². The maximum Gasteiger partial charge on any atom is 0.225 e. The van der Waals surface area contributed by atoms with Crippen molar-refractivity contribution in [1.29, 1.82) is 0 Å². The van der Waals surface area contributed by atoms with Crippen molar-refractivity contribution < 1.29 is 14.3 Å². The van der Waals surface area contributed by atoms with Gasteiger partial charge in [-0.3, -0.25) is 9.48 Å². The Labute approximate surface area is 180 Å². The van der Waals surface area contributed by atoms with Gasteiger partial charge in [0.2, 0.25) is 5.91 Å². The molecule has 6 nitrogen and oxygen atoms in total. The van der Waals surface area contributed by atoms with Gasteiger partial charge in [-0.1, -0.05) is 42.5 Å². The summed E-state index contributed by atoms with van der Waals surface area (Å²) >= 11 is 1.61. The van der Waals surface area contributed by atoms with Crippen LogP contribution in [-0.4, -0.2) is 35.7 Å². The first kappa shape index (κ1) is 21.5. The SMILES string of the molecule is COc1cccc(Cn2cc(NC(=O)CCS/C=C\c3ccccc3)cn2)c1OC. The van der Waals surface area contributed by atoms with Crippen LogP contribution in [0.1, 0.15) is 17.5 Å². The van der Waals surface area contributed by atoms with E-state index < -0.39 is 0 Å². The van der Waals surface area contributed by atoms with E-state index in [1.54, 1.807) is 43.1 Å². The molecule has 0 fully saturated rings. The molecule has 156 valence electrons. The smallest absolute Gasteiger partial charge is 0.225 e. The minimum Gasteiger partial charge on any atom is -0.493 e. The lowest BCUT2D eigenvalue weighted by molar-refractivity contribution is -0.115. The number of anilines is 1. The van der Waals surface area contributed by atoms with Gasteiger partial charge in [-0.05, 0) is 23.1 Å². The Kier molecular flexibility index (Phi) is 7.97. The summed E-state index contributed by atoms with van der Waals surface area (Å²) in [4.78, 5) is 12.2. The second-order valence-corrected chi connectivity index (χ2v) is 7.48. The van der Waals surface area contributed by atoms with Gasteiger partial charge in [-0.2, -0.15) is 5.10 Å². The third kappa shape index (κ3) is 6.15. The number of carbonyl (C=O) groups is 1. The lowest BCUT2D eigenvalue weighted by atomic mass is 10.2. The van der Waals surface area contributed by atoms with Crippen molar-refractivity contribution in [3.63, 3.8) is 0 Å². The van der Waals surface area contributed by atoms with E-state index in [1.165, 1.54) is 0 Å². The molecule has 0 saturated heterocycles. The van der Waals surface area contributed by atoms with Crippen LogP contribution in [0.2, 0.25) is 0 Å². The number of aromatic nitrogens is 2. The summed E-state index contributed by atoms with van der Waals surface area (Å²) in [6.07, 6.45) is 5.92. The summed E-state index contributed by atoms with van der Waals surface area (Å²) in [7, 11) is 3.22. The Morgan fingerprint density at radius 3 is 2.73 bits per heavy atom. The first-order chi connectivity index (χ1) is 14.7. The van der Waals surface area contributed by atoms with Gasteiger partial charge >= 0.3 is 0 Å². The number of carbonyl (C=O) groups excluding carboxylic acids is 1. The molecule has 0 saturated carbocycles. The van der Waals surface area contributed by atoms with Gasteiger partial charge < -0.3 is 14.8 Å². The molecule has 1 heterocycles. The van der Waals surface area contributed by atoms with Crippen molar-refractivity contribution >= 4 is 29.4 Å². The van der Waals surface area contributed by atoms with Crippen molar-refractivity contribution in [3.05, 3.63) is 77.5 Å². The number of hydrogen-bond acceptors (Lipinski definition) is 5. The van der Waals surface area contributed by atoms with E-state index in [9.17, 15) is 4.79 Å². The highest BCUT2D eigenvalue weighted by Crippen LogP contribution is 2.31. The predicted molar refractivity (Wildman–Crippen MR) is 122 cm³/mol. The molecule has 0 atom stereocenters. The van der Waals surface area contributed by atoms with Crippen LogP contribution in [0.15, 0.2) is 66.3 Å². The number of amides is 1. The van der Waals surface area contributed by atoms with Gasteiger partial charge in [-0.25, -0.2) is 0 Å². The van der Waals surface area contributed by atoms with Crippen molar-refractivity contribution in [1.82, 2.24) is 9.78 Å². The number of para-hydroxylation sites is 1. The molecule has 1 amide bonds. The average Bonchev–Trinajstić information content (AvgIpc) is 3.20. The fraction of sp³-hybridized carbons (Fsp3) is 0.217. The molecule has 3 aromatic rings. The van der Waals surface area contributed by atoms with E-state index in [0.717, 1.165) is 11.1 Å². The van der Waals surface area contributed by atoms with Gasteiger partial charge in [0.05, 0.1) is 32.6 Å². The van der Waals surface area contributed by atoms with E-state index in [4.69, 9.17) is 9.47 Å². The molecule has 30 heavy (non-hydrogen) atoms. The molecule has 7 heteroatoms. The van der Waals surface area contributed by atoms with Crippen LogP contribution in [0.5, 0.6) is 11.5 Å². The third-order valence-corrected chi connectivity index (χ3v) is 5.11. The number of nitrogens with one attached hydrogen (secondary N) is 1. The van der Waals surface area contributed by atoms with Gasteiger partial charge in [0.15, 0.2) is 11.5 Å². The Bertz CT molecular complexity index is 986. The van der Waals surface area contributed by atoms with Crippen molar-refractivity contribution in [2.75, 3.05) is 25.3 Å². The van der Waals surface area contributed by atoms with Crippen molar-refractivity contribution in [2.24, 2.45) is 0 Å². The number of rotatable bonds is 10.